The van der Waals surface area contributed by atoms with Crippen LogP contribution in [0.1, 0.15) is 28.5 Å². The predicted molar refractivity (Wildman–Crippen MR) is 136 cm³/mol. The van der Waals surface area contributed by atoms with Crippen molar-refractivity contribution in [2.75, 3.05) is 23.1 Å². The molecule has 35 heavy (non-hydrogen) atoms. The summed E-state index contributed by atoms with van der Waals surface area (Å²) in [7, 11) is -3.80. The van der Waals surface area contributed by atoms with Crippen LogP contribution in [-0.4, -0.2) is 42.3 Å². The Bertz CT molecular complexity index is 1490. The monoisotopic (exact) mass is 487 g/mol. The SMILES string of the molecule is CCN1CCc2nc3ccccc3c(C(=O)Nc3ccc(S(=O)(=O)Nc4ccccn4)cc3)c2C1. The van der Waals surface area contributed by atoms with E-state index in [9.17, 15) is 13.2 Å². The van der Waals surface area contributed by atoms with E-state index in [0.717, 1.165) is 41.7 Å². The molecule has 0 atom stereocenters. The molecule has 0 saturated carbocycles. The van der Waals surface area contributed by atoms with E-state index in [0.29, 0.717) is 17.8 Å². The summed E-state index contributed by atoms with van der Waals surface area (Å²) in [5, 5.41) is 3.75. The van der Waals surface area contributed by atoms with Gasteiger partial charge in [0.1, 0.15) is 5.82 Å². The Morgan fingerprint density at radius 3 is 2.54 bits per heavy atom. The smallest absolute Gasteiger partial charge is 0.263 e. The summed E-state index contributed by atoms with van der Waals surface area (Å²) < 4.78 is 27.8. The average molecular weight is 488 g/mol. The molecule has 0 aliphatic carbocycles. The van der Waals surface area contributed by atoms with Crippen LogP contribution in [0.25, 0.3) is 10.9 Å². The molecule has 9 heteroatoms. The number of para-hydroxylation sites is 1. The summed E-state index contributed by atoms with van der Waals surface area (Å²) in [6.45, 7) is 4.59. The lowest BCUT2D eigenvalue weighted by atomic mass is 9.95. The third-order valence-corrected chi connectivity index (χ3v) is 7.50. The molecule has 2 N–H and O–H groups in total. The number of anilines is 2. The van der Waals surface area contributed by atoms with Crippen molar-refractivity contribution in [2.45, 2.75) is 24.8 Å². The predicted octanol–water partition coefficient (Wildman–Crippen LogP) is 4.06. The normalized spacial score (nSPS) is 13.9. The molecule has 8 nitrogen and oxygen atoms in total. The van der Waals surface area contributed by atoms with E-state index < -0.39 is 10.0 Å². The number of hydrogen-bond acceptors (Lipinski definition) is 6. The zero-order valence-electron chi connectivity index (χ0n) is 19.2. The molecule has 1 aliphatic rings. The van der Waals surface area contributed by atoms with E-state index in [1.807, 2.05) is 24.3 Å². The van der Waals surface area contributed by atoms with Gasteiger partial charge in [-0.05, 0) is 49.0 Å². The lowest BCUT2D eigenvalue weighted by molar-refractivity contribution is 0.102. The second-order valence-electron chi connectivity index (χ2n) is 8.35. The van der Waals surface area contributed by atoms with Gasteiger partial charge < -0.3 is 5.32 Å². The molecule has 0 unspecified atom stereocenters. The summed E-state index contributed by atoms with van der Waals surface area (Å²) in [5.41, 5.74) is 3.83. The Labute approximate surface area is 204 Å². The minimum atomic E-state index is -3.80. The van der Waals surface area contributed by atoms with Crippen LogP contribution in [0.3, 0.4) is 0 Å². The fraction of sp³-hybridized carbons (Fsp3) is 0.192. The maximum atomic E-state index is 13.5. The summed E-state index contributed by atoms with van der Waals surface area (Å²) in [5.74, 6) is 0.000335. The molecule has 4 aromatic rings. The molecule has 0 radical (unpaired) electrons. The van der Waals surface area contributed by atoms with E-state index in [2.05, 4.69) is 26.8 Å². The Kier molecular flexibility index (Phi) is 6.19. The van der Waals surface area contributed by atoms with Crippen LogP contribution < -0.4 is 10.0 Å². The van der Waals surface area contributed by atoms with E-state index >= 15 is 0 Å². The first kappa shape index (κ1) is 22.9. The van der Waals surface area contributed by atoms with Crippen LogP contribution in [0.2, 0.25) is 0 Å². The van der Waals surface area contributed by atoms with Crippen molar-refractivity contribution in [3.8, 4) is 0 Å². The summed E-state index contributed by atoms with van der Waals surface area (Å²) in [6.07, 6.45) is 2.31. The van der Waals surface area contributed by atoms with Gasteiger partial charge in [-0.1, -0.05) is 31.2 Å². The van der Waals surface area contributed by atoms with Crippen molar-refractivity contribution >= 4 is 38.3 Å². The Balaban J connectivity index is 1.43. The van der Waals surface area contributed by atoms with Crippen LogP contribution in [0.4, 0.5) is 11.5 Å². The minimum Gasteiger partial charge on any atom is -0.322 e. The molecule has 0 spiro atoms. The van der Waals surface area contributed by atoms with Crippen LogP contribution in [0.5, 0.6) is 0 Å². The van der Waals surface area contributed by atoms with E-state index in [-0.39, 0.29) is 16.6 Å². The van der Waals surface area contributed by atoms with Gasteiger partial charge >= 0.3 is 0 Å². The highest BCUT2D eigenvalue weighted by Gasteiger charge is 2.25. The van der Waals surface area contributed by atoms with Gasteiger partial charge in [0.05, 0.1) is 16.0 Å². The van der Waals surface area contributed by atoms with Gasteiger partial charge in [0, 0.05) is 48.0 Å². The average Bonchev–Trinajstić information content (AvgIpc) is 2.87. The molecular weight excluding hydrogens is 462 g/mol. The molecule has 0 bridgehead atoms. The highest BCUT2D eigenvalue weighted by atomic mass is 32.2. The van der Waals surface area contributed by atoms with E-state index in [1.54, 1.807) is 30.3 Å². The number of pyridine rings is 2. The summed E-state index contributed by atoms with van der Waals surface area (Å²) >= 11 is 0. The molecule has 0 fully saturated rings. The number of carbonyl (C=O) groups is 1. The quantitative estimate of drug-likeness (QED) is 0.425. The standard InChI is InChI=1S/C26H25N5O3S/c1-2-31-16-14-23-21(17-31)25(20-7-3-4-8-22(20)29-23)26(32)28-18-10-12-19(13-11-18)35(33,34)30-24-9-5-6-15-27-24/h3-13,15H,2,14,16-17H2,1H3,(H,27,30)(H,28,32). The second kappa shape index (κ2) is 9.44. The van der Waals surface area contributed by atoms with E-state index in [4.69, 9.17) is 4.98 Å². The maximum absolute atomic E-state index is 13.5. The van der Waals surface area contributed by atoms with Crippen molar-refractivity contribution in [1.29, 1.82) is 0 Å². The van der Waals surface area contributed by atoms with Crippen LogP contribution in [-0.2, 0) is 23.0 Å². The molecule has 2 aromatic heterocycles. The molecule has 178 valence electrons. The fourth-order valence-corrected chi connectivity index (χ4v) is 5.31. The molecule has 3 heterocycles. The van der Waals surface area contributed by atoms with Crippen LogP contribution in [0, 0.1) is 0 Å². The van der Waals surface area contributed by atoms with Gasteiger partial charge in [0.25, 0.3) is 15.9 Å². The Morgan fingerprint density at radius 1 is 1.03 bits per heavy atom. The van der Waals surface area contributed by atoms with E-state index in [1.165, 1.54) is 18.3 Å². The maximum Gasteiger partial charge on any atom is 0.263 e. The first-order valence-electron chi connectivity index (χ1n) is 11.4. The van der Waals surface area contributed by atoms with Gasteiger partial charge in [-0.25, -0.2) is 13.4 Å². The Morgan fingerprint density at radius 2 is 1.80 bits per heavy atom. The van der Waals surface area contributed by atoms with Crippen LogP contribution >= 0.6 is 0 Å². The zero-order chi connectivity index (χ0) is 24.4. The topological polar surface area (TPSA) is 104 Å². The highest BCUT2D eigenvalue weighted by molar-refractivity contribution is 7.92. The molecular formula is C26H25N5O3S. The first-order chi connectivity index (χ1) is 16.9. The van der Waals surface area contributed by atoms with Crippen molar-refractivity contribution in [3.63, 3.8) is 0 Å². The molecule has 1 aliphatic heterocycles. The van der Waals surface area contributed by atoms with Crippen LogP contribution in [0.15, 0.2) is 77.8 Å². The van der Waals surface area contributed by atoms with Crippen molar-refractivity contribution < 1.29 is 13.2 Å². The van der Waals surface area contributed by atoms with Crippen molar-refractivity contribution in [1.82, 2.24) is 14.9 Å². The lowest BCUT2D eigenvalue weighted by Gasteiger charge is -2.29. The number of carbonyl (C=O) groups excluding carboxylic acids is 1. The molecule has 5 rings (SSSR count). The van der Waals surface area contributed by atoms with Crippen molar-refractivity contribution in [3.05, 3.63) is 89.7 Å². The highest BCUT2D eigenvalue weighted by Crippen LogP contribution is 2.29. The number of sulfonamides is 1. The summed E-state index contributed by atoms with van der Waals surface area (Å²) in [6, 6.07) is 18.7. The molecule has 0 saturated heterocycles. The summed E-state index contributed by atoms with van der Waals surface area (Å²) in [4.78, 5) is 24.7. The van der Waals surface area contributed by atoms with Gasteiger partial charge in [-0.2, -0.15) is 0 Å². The largest absolute Gasteiger partial charge is 0.322 e. The Hall–Kier alpha value is -3.82. The van der Waals surface area contributed by atoms with Gasteiger partial charge in [-0.15, -0.1) is 0 Å². The number of nitrogens with one attached hydrogen (secondary N) is 2. The number of benzene rings is 2. The minimum absolute atomic E-state index is 0.0754. The fourth-order valence-electron chi connectivity index (χ4n) is 4.31. The first-order valence-corrected chi connectivity index (χ1v) is 12.9. The van der Waals surface area contributed by atoms with Gasteiger partial charge in [-0.3, -0.25) is 19.4 Å². The second-order valence-corrected chi connectivity index (χ2v) is 10.0. The third kappa shape index (κ3) is 4.73. The molecule has 1 amide bonds. The third-order valence-electron chi connectivity index (χ3n) is 6.13. The number of nitrogens with zero attached hydrogens (tertiary/aromatic N) is 3. The number of fused-ring (bicyclic) bond motifs is 2. The lowest BCUT2D eigenvalue weighted by Crippen LogP contribution is -2.33. The number of likely N-dealkylation sites (N-methyl/N-ethyl adjacent to an activating group) is 1. The number of hydrogen-bond donors (Lipinski definition) is 2. The molecule has 2 aromatic carbocycles. The number of amides is 1. The zero-order valence-corrected chi connectivity index (χ0v) is 20.0. The number of rotatable bonds is 6. The number of aromatic nitrogens is 2. The van der Waals surface area contributed by atoms with Gasteiger partial charge in [0.15, 0.2) is 0 Å². The van der Waals surface area contributed by atoms with Gasteiger partial charge in [0.2, 0.25) is 0 Å². The van der Waals surface area contributed by atoms with Crippen molar-refractivity contribution in [2.24, 2.45) is 0 Å².